The van der Waals surface area contributed by atoms with Gasteiger partial charge in [-0.15, -0.1) is 0 Å². The second-order valence-electron chi connectivity index (χ2n) is 6.55. The Labute approximate surface area is 140 Å². The van der Waals surface area contributed by atoms with Crippen LogP contribution >= 0.6 is 0 Å². The highest BCUT2D eigenvalue weighted by molar-refractivity contribution is 6.07. The fourth-order valence-corrected chi connectivity index (χ4v) is 3.70. The summed E-state index contributed by atoms with van der Waals surface area (Å²) in [6, 6.07) is 11.7. The summed E-state index contributed by atoms with van der Waals surface area (Å²) >= 11 is 0. The van der Waals surface area contributed by atoms with Crippen LogP contribution in [0, 0.1) is 5.92 Å². The van der Waals surface area contributed by atoms with Crippen LogP contribution in [0.5, 0.6) is 5.75 Å². The number of hydrogen-bond donors (Lipinski definition) is 1. The lowest BCUT2D eigenvalue weighted by molar-refractivity contribution is -0.117. The van der Waals surface area contributed by atoms with Gasteiger partial charge in [-0.3, -0.25) is 4.79 Å². The molecule has 0 bridgehead atoms. The maximum Gasteiger partial charge on any atom is 0.224 e. The SMILES string of the molecule is COc1cc2c(cc1NC(=O)CC1CCCC1)oc1ccccc12. The van der Waals surface area contributed by atoms with E-state index in [-0.39, 0.29) is 5.91 Å². The third-order valence-electron chi connectivity index (χ3n) is 4.92. The first-order valence-electron chi connectivity index (χ1n) is 8.54. The zero-order valence-electron chi connectivity index (χ0n) is 13.8. The number of methoxy groups -OCH3 is 1. The number of carbonyl (C=O) groups is 1. The molecule has 2 aromatic carbocycles. The van der Waals surface area contributed by atoms with Crippen LogP contribution < -0.4 is 10.1 Å². The molecule has 1 saturated carbocycles. The number of anilines is 1. The minimum Gasteiger partial charge on any atom is -0.495 e. The number of carbonyl (C=O) groups excluding carboxylic acids is 1. The molecule has 1 amide bonds. The zero-order valence-corrected chi connectivity index (χ0v) is 13.8. The molecule has 4 rings (SSSR count). The molecule has 0 aliphatic heterocycles. The number of hydrogen-bond acceptors (Lipinski definition) is 3. The molecule has 4 nitrogen and oxygen atoms in total. The molecule has 124 valence electrons. The lowest BCUT2D eigenvalue weighted by Gasteiger charge is -2.12. The van der Waals surface area contributed by atoms with Gasteiger partial charge >= 0.3 is 0 Å². The van der Waals surface area contributed by atoms with E-state index >= 15 is 0 Å². The second kappa shape index (κ2) is 6.19. The van der Waals surface area contributed by atoms with Crippen LogP contribution in [0.2, 0.25) is 0 Å². The molecule has 1 fully saturated rings. The molecule has 0 spiro atoms. The van der Waals surface area contributed by atoms with Gasteiger partial charge in [0.25, 0.3) is 0 Å². The van der Waals surface area contributed by atoms with Gasteiger partial charge < -0.3 is 14.5 Å². The van der Waals surface area contributed by atoms with E-state index in [1.165, 1.54) is 12.8 Å². The molecular formula is C20H21NO3. The highest BCUT2D eigenvalue weighted by Crippen LogP contribution is 2.36. The molecular weight excluding hydrogens is 302 g/mol. The van der Waals surface area contributed by atoms with Gasteiger partial charge in [-0.25, -0.2) is 0 Å². The highest BCUT2D eigenvalue weighted by Gasteiger charge is 2.20. The van der Waals surface area contributed by atoms with E-state index in [1.54, 1.807) is 7.11 Å². The third kappa shape index (κ3) is 2.73. The van der Waals surface area contributed by atoms with E-state index in [9.17, 15) is 4.79 Å². The average Bonchev–Trinajstić information content (AvgIpc) is 3.20. The third-order valence-corrected chi connectivity index (χ3v) is 4.92. The van der Waals surface area contributed by atoms with E-state index in [1.807, 2.05) is 36.4 Å². The van der Waals surface area contributed by atoms with Crippen molar-refractivity contribution in [3.8, 4) is 5.75 Å². The molecule has 1 aliphatic rings. The number of benzene rings is 2. The Kier molecular flexibility index (Phi) is 3.89. The molecule has 1 aliphatic carbocycles. The fraction of sp³-hybridized carbons (Fsp3) is 0.350. The van der Waals surface area contributed by atoms with Crippen LogP contribution in [0.25, 0.3) is 21.9 Å². The predicted octanol–water partition coefficient (Wildman–Crippen LogP) is 5.11. The van der Waals surface area contributed by atoms with Crippen LogP contribution in [-0.4, -0.2) is 13.0 Å². The minimum atomic E-state index is 0.0515. The lowest BCUT2D eigenvalue weighted by atomic mass is 10.0. The van der Waals surface area contributed by atoms with Crippen molar-refractivity contribution in [1.82, 2.24) is 0 Å². The van der Waals surface area contributed by atoms with Crippen molar-refractivity contribution >= 4 is 33.5 Å². The number of fused-ring (bicyclic) bond motifs is 3. The van der Waals surface area contributed by atoms with E-state index in [0.717, 1.165) is 34.8 Å². The van der Waals surface area contributed by atoms with Crippen molar-refractivity contribution in [2.75, 3.05) is 12.4 Å². The first-order chi connectivity index (χ1) is 11.7. The standard InChI is InChI=1S/C20H21NO3/c1-23-19-11-15-14-8-4-5-9-17(14)24-18(15)12-16(19)21-20(22)10-13-6-2-3-7-13/h4-5,8-9,11-13H,2-3,6-7,10H2,1H3,(H,21,22). The van der Waals surface area contributed by atoms with Crippen molar-refractivity contribution in [1.29, 1.82) is 0 Å². The average molecular weight is 323 g/mol. The molecule has 0 saturated heterocycles. The van der Waals surface area contributed by atoms with Crippen molar-refractivity contribution < 1.29 is 13.9 Å². The number of amides is 1. The maximum atomic E-state index is 12.3. The van der Waals surface area contributed by atoms with Crippen LogP contribution in [0.4, 0.5) is 5.69 Å². The van der Waals surface area contributed by atoms with Crippen molar-refractivity contribution in [3.63, 3.8) is 0 Å². The number of ether oxygens (including phenoxy) is 1. The maximum absolute atomic E-state index is 12.3. The van der Waals surface area contributed by atoms with E-state index in [2.05, 4.69) is 5.32 Å². The Bertz CT molecular complexity index is 890. The summed E-state index contributed by atoms with van der Waals surface area (Å²) in [5, 5.41) is 5.05. The zero-order chi connectivity index (χ0) is 16.5. The van der Waals surface area contributed by atoms with Gasteiger partial charge in [0.1, 0.15) is 16.9 Å². The van der Waals surface area contributed by atoms with Crippen LogP contribution in [0.15, 0.2) is 40.8 Å². The first kappa shape index (κ1) is 15.1. The Morgan fingerprint density at radius 2 is 1.96 bits per heavy atom. The molecule has 1 N–H and O–H groups in total. The van der Waals surface area contributed by atoms with Gasteiger partial charge in [0.15, 0.2) is 0 Å². The molecule has 0 atom stereocenters. The normalized spacial score (nSPS) is 15.2. The molecule has 0 radical (unpaired) electrons. The molecule has 0 unspecified atom stereocenters. The molecule has 1 aromatic heterocycles. The molecule has 24 heavy (non-hydrogen) atoms. The monoisotopic (exact) mass is 323 g/mol. The lowest BCUT2D eigenvalue weighted by Crippen LogP contribution is -2.15. The van der Waals surface area contributed by atoms with E-state index in [4.69, 9.17) is 9.15 Å². The quantitative estimate of drug-likeness (QED) is 0.725. The van der Waals surface area contributed by atoms with Crippen LogP contribution in [0.1, 0.15) is 32.1 Å². The largest absolute Gasteiger partial charge is 0.495 e. The number of furan rings is 1. The second-order valence-corrected chi connectivity index (χ2v) is 6.55. The van der Waals surface area contributed by atoms with Crippen molar-refractivity contribution in [2.24, 2.45) is 5.92 Å². The van der Waals surface area contributed by atoms with Gasteiger partial charge in [0, 0.05) is 23.3 Å². The number of rotatable bonds is 4. The van der Waals surface area contributed by atoms with Crippen LogP contribution in [0.3, 0.4) is 0 Å². The van der Waals surface area contributed by atoms with Crippen LogP contribution in [-0.2, 0) is 4.79 Å². The first-order valence-corrected chi connectivity index (χ1v) is 8.54. The van der Waals surface area contributed by atoms with Crippen molar-refractivity contribution in [2.45, 2.75) is 32.1 Å². The van der Waals surface area contributed by atoms with Gasteiger partial charge in [0.2, 0.25) is 5.91 Å². The van der Waals surface area contributed by atoms with Gasteiger partial charge in [-0.2, -0.15) is 0 Å². The summed E-state index contributed by atoms with van der Waals surface area (Å²) in [7, 11) is 1.62. The summed E-state index contributed by atoms with van der Waals surface area (Å²) in [5.41, 5.74) is 2.27. The summed E-state index contributed by atoms with van der Waals surface area (Å²) in [6.07, 6.45) is 5.39. The Hall–Kier alpha value is -2.49. The summed E-state index contributed by atoms with van der Waals surface area (Å²) in [6.45, 7) is 0. The van der Waals surface area contributed by atoms with Crippen molar-refractivity contribution in [3.05, 3.63) is 36.4 Å². The van der Waals surface area contributed by atoms with E-state index < -0.39 is 0 Å². The molecule has 3 aromatic rings. The number of nitrogens with one attached hydrogen (secondary N) is 1. The molecule has 4 heteroatoms. The smallest absolute Gasteiger partial charge is 0.224 e. The topological polar surface area (TPSA) is 51.5 Å². The van der Waals surface area contributed by atoms with Gasteiger partial charge in [-0.1, -0.05) is 31.0 Å². The summed E-state index contributed by atoms with van der Waals surface area (Å²) in [4.78, 5) is 12.3. The Balaban J connectivity index is 1.66. The Morgan fingerprint density at radius 1 is 1.17 bits per heavy atom. The number of para-hydroxylation sites is 1. The van der Waals surface area contributed by atoms with Gasteiger partial charge in [-0.05, 0) is 30.9 Å². The van der Waals surface area contributed by atoms with Gasteiger partial charge in [0.05, 0.1) is 12.8 Å². The predicted molar refractivity (Wildman–Crippen MR) is 95.5 cm³/mol. The molecule has 1 heterocycles. The summed E-state index contributed by atoms with van der Waals surface area (Å²) in [5.74, 6) is 1.23. The summed E-state index contributed by atoms with van der Waals surface area (Å²) < 4.78 is 11.4. The Morgan fingerprint density at radius 3 is 2.75 bits per heavy atom. The highest BCUT2D eigenvalue weighted by atomic mass is 16.5. The fourth-order valence-electron chi connectivity index (χ4n) is 3.70. The van der Waals surface area contributed by atoms with E-state index in [0.29, 0.717) is 23.8 Å². The minimum absolute atomic E-state index is 0.0515.